The van der Waals surface area contributed by atoms with E-state index in [9.17, 15) is 9.59 Å². The Bertz CT molecular complexity index is 562. The van der Waals surface area contributed by atoms with Crippen molar-refractivity contribution in [3.63, 3.8) is 0 Å². The summed E-state index contributed by atoms with van der Waals surface area (Å²) < 4.78 is 0. The summed E-state index contributed by atoms with van der Waals surface area (Å²) in [7, 11) is 0. The van der Waals surface area contributed by atoms with E-state index in [2.05, 4.69) is 17.1 Å². The van der Waals surface area contributed by atoms with Crippen LogP contribution in [0.2, 0.25) is 0 Å². The smallest absolute Gasteiger partial charge is 0.222 e. The van der Waals surface area contributed by atoms with E-state index < -0.39 is 0 Å². The second-order valence-electron chi connectivity index (χ2n) is 6.92. The quantitative estimate of drug-likeness (QED) is 0.903. The van der Waals surface area contributed by atoms with Crippen LogP contribution in [0, 0.1) is 0 Å². The maximum atomic E-state index is 12.7. The van der Waals surface area contributed by atoms with Gasteiger partial charge in [0, 0.05) is 19.5 Å². The number of benzene rings is 1. The molecule has 144 valence electrons. The minimum atomic E-state index is -0.195. The summed E-state index contributed by atoms with van der Waals surface area (Å²) in [5.74, 6) is 0.143. The Kier molecular flexibility index (Phi) is 8.62. The van der Waals surface area contributed by atoms with Crippen LogP contribution in [0.15, 0.2) is 30.3 Å². The molecular weight excluding hydrogens is 326 g/mol. The van der Waals surface area contributed by atoms with Crippen LogP contribution < -0.4 is 5.32 Å². The van der Waals surface area contributed by atoms with Gasteiger partial charge in [0.15, 0.2) is 0 Å². The Morgan fingerprint density at radius 2 is 1.81 bits per heavy atom. The van der Waals surface area contributed by atoms with Crippen LogP contribution in [-0.2, 0) is 9.59 Å². The third-order valence-electron chi connectivity index (χ3n) is 5.11. The summed E-state index contributed by atoms with van der Waals surface area (Å²) in [5, 5.41) is 3.04. The Hall–Kier alpha value is -1.88. The fourth-order valence-electron chi connectivity index (χ4n) is 3.57. The van der Waals surface area contributed by atoms with Gasteiger partial charge in [0.05, 0.1) is 12.5 Å². The SMILES string of the molecule is CCC(=O)N1CCCN(CC)CCCCNC(=O)CC1c1ccccc1. The lowest BCUT2D eigenvalue weighted by atomic mass is 10.0. The van der Waals surface area contributed by atoms with Gasteiger partial charge in [0.1, 0.15) is 0 Å². The van der Waals surface area contributed by atoms with Gasteiger partial charge in [-0.05, 0) is 44.5 Å². The molecule has 26 heavy (non-hydrogen) atoms. The number of rotatable bonds is 3. The van der Waals surface area contributed by atoms with Gasteiger partial charge in [-0.1, -0.05) is 44.2 Å². The molecule has 5 nitrogen and oxygen atoms in total. The van der Waals surface area contributed by atoms with E-state index in [-0.39, 0.29) is 17.9 Å². The van der Waals surface area contributed by atoms with E-state index in [0.29, 0.717) is 25.9 Å². The van der Waals surface area contributed by atoms with Crippen LogP contribution in [0.1, 0.15) is 57.6 Å². The summed E-state index contributed by atoms with van der Waals surface area (Å²) >= 11 is 0. The predicted octanol–water partition coefficient (Wildman–Crippen LogP) is 2.98. The van der Waals surface area contributed by atoms with Crippen molar-refractivity contribution in [1.29, 1.82) is 0 Å². The third kappa shape index (κ3) is 6.13. The molecule has 1 atom stereocenters. The van der Waals surface area contributed by atoms with Crippen molar-refractivity contribution >= 4 is 11.8 Å². The van der Waals surface area contributed by atoms with Crippen molar-refractivity contribution in [2.75, 3.05) is 32.7 Å². The fourth-order valence-corrected chi connectivity index (χ4v) is 3.57. The monoisotopic (exact) mass is 359 g/mol. The molecule has 0 spiro atoms. The predicted molar refractivity (Wildman–Crippen MR) is 105 cm³/mol. The van der Waals surface area contributed by atoms with Gasteiger partial charge < -0.3 is 15.1 Å². The van der Waals surface area contributed by atoms with E-state index >= 15 is 0 Å². The summed E-state index contributed by atoms with van der Waals surface area (Å²) in [6.07, 6.45) is 3.81. The van der Waals surface area contributed by atoms with Gasteiger partial charge in [0.25, 0.3) is 0 Å². The number of amides is 2. The molecule has 0 radical (unpaired) electrons. The molecule has 1 unspecified atom stereocenters. The Labute approximate surface area is 157 Å². The van der Waals surface area contributed by atoms with Crippen molar-refractivity contribution in [2.24, 2.45) is 0 Å². The second-order valence-corrected chi connectivity index (χ2v) is 6.92. The first-order valence-corrected chi connectivity index (χ1v) is 9.99. The minimum Gasteiger partial charge on any atom is -0.356 e. The molecule has 1 saturated heterocycles. The van der Waals surface area contributed by atoms with Gasteiger partial charge in [-0.2, -0.15) is 0 Å². The van der Waals surface area contributed by atoms with E-state index in [1.54, 1.807) is 0 Å². The first-order chi connectivity index (χ1) is 12.7. The van der Waals surface area contributed by atoms with Crippen LogP contribution in [-0.4, -0.2) is 54.3 Å². The molecule has 0 bridgehead atoms. The molecule has 1 fully saturated rings. The van der Waals surface area contributed by atoms with Gasteiger partial charge >= 0.3 is 0 Å². The molecule has 5 heteroatoms. The zero-order valence-corrected chi connectivity index (χ0v) is 16.2. The van der Waals surface area contributed by atoms with Crippen molar-refractivity contribution in [3.8, 4) is 0 Å². The summed E-state index contributed by atoms with van der Waals surface area (Å²) in [4.78, 5) is 29.5. The summed E-state index contributed by atoms with van der Waals surface area (Å²) in [6.45, 7) is 8.54. The lowest BCUT2D eigenvalue weighted by molar-refractivity contribution is -0.134. The Balaban J connectivity index is 2.25. The number of carbonyl (C=O) groups is 2. The van der Waals surface area contributed by atoms with Crippen LogP contribution in [0.5, 0.6) is 0 Å². The minimum absolute atomic E-state index is 0.0272. The van der Waals surface area contributed by atoms with Crippen LogP contribution in [0.4, 0.5) is 0 Å². The molecule has 1 heterocycles. The summed E-state index contributed by atoms with van der Waals surface area (Å²) in [6, 6.07) is 9.76. The van der Waals surface area contributed by atoms with Crippen LogP contribution in [0.25, 0.3) is 0 Å². The molecule has 1 aromatic rings. The molecule has 2 rings (SSSR count). The topological polar surface area (TPSA) is 52.7 Å². The van der Waals surface area contributed by atoms with Crippen LogP contribution in [0.3, 0.4) is 0 Å². The molecule has 1 aliphatic heterocycles. The van der Waals surface area contributed by atoms with Crippen LogP contribution >= 0.6 is 0 Å². The third-order valence-corrected chi connectivity index (χ3v) is 5.11. The van der Waals surface area contributed by atoms with E-state index in [1.165, 1.54) is 0 Å². The lowest BCUT2D eigenvalue weighted by Gasteiger charge is -2.32. The van der Waals surface area contributed by atoms with Crippen molar-refractivity contribution < 1.29 is 9.59 Å². The van der Waals surface area contributed by atoms with E-state index in [1.807, 2.05) is 42.2 Å². The first-order valence-electron chi connectivity index (χ1n) is 9.99. The van der Waals surface area contributed by atoms with Crippen molar-refractivity contribution in [3.05, 3.63) is 35.9 Å². The molecule has 1 aliphatic rings. The average Bonchev–Trinajstić information content (AvgIpc) is 2.69. The van der Waals surface area contributed by atoms with Crippen molar-refractivity contribution in [2.45, 2.75) is 52.0 Å². The van der Waals surface area contributed by atoms with E-state index in [4.69, 9.17) is 0 Å². The maximum Gasteiger partial charge on any atom is 0.222 e. The molecule has 0 aromatic heterocycles. The molecular formula is C21H33N3O2. The first kappa shape index (κ1) is 20.4. The average molecular weight is 360 g/mol. The Morgan fingerprint density at radius 1 is 1.08 bits per heavy atom. The zero-order chi connectivity index (χ0) is 18.8. The molecule has 2 amide bonds. The zero-order valence-electron chi connectivity index (χ0n) is 16.2. The van der Waals surface area contributed by atoms with E-state index in [0.717, 1.165) is 44.5 Å². The standard InChI is InChI=1S/C21H33N3O2/c1-3-21(26)24-16-10-15-23(4-2)14-9-8-13-22-20(25)17-19(24)18-11-6-5-7-12-18/h5-7,11-12,19H,3-4,8-10,13-17H2,1-2H3,(H,22,25). The van der Waals surface area contributed by atoms with Gasteiger partial charge in [-0.15, -0.1) is 0 Å². The largest absolute Gasteiger partial charge is 0.356 e. The number of carbonyl (C=O) groups excluding carboxylic acids is 2. The highest BCUT2D eigenvalue weighted by Gasteiger charge is 2.26. The number of hydrogen-bond acceptors (Lipinski definition) is 3. The Morgan fingerprint density at radius 3 is 2.50 bits per heavy atom. The number of nitrogens with zero attached hydrogens (tertiary/aromatic N) is 2. The van der Waals surface area contributed by atoms with Gasteiger partial charge in [-0.3, -0.25) is 9.59 Å². The summed E-state index contributed by atoms with van der Waals surface area (Å²) in [5.41, 5.74) is 1.03. The second kappa shape index (κ2) is 11.0. The number of nitrogens with one attached hydrogen (secondary N) is 1. The molecule has 0 aliphatic carbocycles. The highest BCUT2D eigenvalue weighted by atomic mass is 16.2. The van der Waals surface area contributed by atoms with Crippen molar-refractivity contribution in [1.82, 2.24) is 15.1 Å². The fraction of sp³-hybridized carbons (Fsp3) is 0.619. The normalized spacial score (nSPS) is 21.2. The number of hydrogen-bond donors (Lipinski definition) is 1. The van der Waals surface area contributed by atoms with Gasteiger partial charge in [0.2, 0.25) is 11.8 Å². The highest BCUT2D eigenvalue weighted by molar-refractivity contribution is 5.80. The molecule has 0 saturated carbocycles. The highest BCUT2D eigenvalue weighted by Crippen LogP contribution is 2.25. The lowest BCUT2D eigenvalue weighted by Crippen LogP contribution is -2.39. The molecule has 1 aromatic carbocycles. The van der Waals surface area contributed by atoms with Gasteiger partial charge in [-0.25, -0.2) is 0 Å². The molecule has 1 N–H and O–H groups in total. The maximum absolute atomic E-state index is 12.7.